The maximum atomic E-state index is 14.3. The van der Waals surface area contributed by atoms with E-state index in [1.807, 2.05) is 107 Å². The van der Waals surface area contributed by atoms with Gasteiger partial charge in [0.1, 0.15) is 17.9 Å². The van der Waals surface area contributed by atoms with Crippen LogP contribution >= 0.6 is 0 Å². The number of nitrogens with zero attached hydrogens (tertiary/aromatic N) is 1. The molecule has 0 saturated carbocycles. The molecule has 1 aliphatic heterocycles. The van der Waals surface area contributed by atoms with Gasteiger partial charge in [-0.25, -0.2) is 9.59 Å². The van der Waals surface area contributed by atoms with Gasteiger partial charge in [-0.1, -0.05) is 92.7 Å². The molecular formula is C45H56N4O12. The van der Waals surface area contributed by atoms with Gasteiger partial charge in [0, 0.05) is 25.6 Å². The summed E-state index contributed by atoms with van der Waals surface area (Å²) in [5.74, 6) is -5.85. The highest BCUT2D eigenvalue weighted by Gasteiger charge is 2.37. The summed E-state index contributed by atoms with van der Waals surface area (Å²) in [5, 5.41) is 27.3. The molecule has 0 bridgehead atoms. The zero-order valence-corrected chi connectivity index (χ0v) is 35.0. The number of amides is 4. The maximum Gasteiger partial charge on any atom is 0.345 e. The second kappa shape index (κ2) is 23.4. The van der Waals surface area contributed by atoms with Crippen LogP contribution in [-0.4, -0.2) is 107 Å². The molecule has 16 nitrogen and oxygen atoms in total. The molecule has 1 aliphatic rings. The van der Waals surface area contributed by atoms with Crippen molar-refractivity contribution in [1.29, 1.82) is 0 Å². The summed E-state index contributed by atoms with van der Waals surface area (Å²) in [4.78, 5) is 91.4. The van der Waals surface area contributed by atoms with Gasteiger partial charge in [0.2, 0.25) is 12.0 Å². The van der Waals surface area contributed by atoms with Crippen LogP contribution in [0.2, 0.25) is 0 Å². The maximum absolute atomic E-state index is 14.3. The third kappa shape index (κ3) is 15.3. The molecule has 5 atom stereocenters. The Hall–Kier alpha value is -6.45. The number of carboxylic acid groups (broad SMARTS) is 2. The topological polar surface area (TPSA) is 227 Å². The molecule has 16 heteroatoms. The molecule has 0 aliphatic carbocycles. The fourth-order valence-corrected chi connectivity index (χ4v) is 7.21. The van der Waals surface area contributed by atoms with E-state index in [1.54, 1.807) is 0 Å². The number of aliphatic carboxylic acids is 2. The highest BCUT2D eigenvalue weighted by molar-refractivity contribution is 5.88. The largest absolute Gasteiger partial charge is 0.483 e. The number of nitrogens with one attached hydrogen (secondary N) is 3. The summed E-state index contributed by atoms with van der Waals surface area (Å²) in [5.41, 5.74) is 3.29. The van der Waals surface area contributed by atoms with Crippen molar-refractivity contribution in [2.45, 2.75) is 103 Å². The second-order valence-corrected chi connectivity index (χ2v) is 15.4. The molecular weight excluding hydrogens is 789 g/mol. The molecule has 1 saturated heterocycles. The van der Waals surface area contributed by atoms with E-state index in [9.17, 15) is 38.7 Å². The first-order valence-electron chi connectivity index (χ1n) is 20.4. The van der Waals surface area contributed by atoms with E-state index in [0.29, 0.717) is 25.3 Å². The summed E-state index contributed by atoms with van der Waals surface area (Å²) in [6, 6.07) is 21.3. The zero-order valence-electron chi connectivity index (χ0n) is 35.0. The Kier molecular flexibility index (Phi) is 18.1. The quantitative estimate of drug-likeness (QED) is 0.0850. The van der Waals surface area contributed by atoms with Crippen molar-refractivity contribution in [2.75, 3.05) is 19.7 Å². The molecule has 4 rings (SSSR count). The predicted molar refractivity (Wildman–Crippen MR) is 222 cm³/mol. The van der Waals surface area contributed by atoms with E-state index in [4.69, 9.17) is 19.3 Å². The molecule has 5 N–H and O–H groups in total. The van der Waals surface area contributed by atoms with Gasteiger partial charge in [-0.05, 0) is 61.3 Å². The lowest BCUT2D eigenvalue weighted by Crippen LogP contribution is -2.59. The monoisotopic (exact) mass is 844 g/mol. The van der Waals surface area contributed by atoms with Gasteiger partial charge in [-0.15, -0.1) is 0 Å². The fraction of sp³-hybridized carbons (Fsp3) is 0.444. The number of carboxylic acids is 2. The van der Waals surface area contributed by atoms with Crippen LogP contribution in [0.3, 0.4) is 0 Å². The third-order valence-corrected chi connectivity index (χ3v) is 10.1. The van der Waals surface area contributed by atoms with Crippen LogP contribution in [0.4, 0.5) is 4.79 Å². The first-order chi connectivity index (χ1) is 29.1. The minimum absolute atomic E-state index is 0.0386. The number of benzene rings is 3. The SMILES string of the molecule is Cc1cccc(C)c1OCC(=O)NC(Cc1ccccc1)[C@H](CC(Cc1ccccc1)NC(=O)[C@H](C(C)C)N1CCCNC1=O)OC(=O)CCC(=O)OC(CC(=O)O)C(=O)O. The fourth-order valence-electron chi connectivity index (χ4n) is 7.21. The Balaban J connectivity index is 1.68. The Labute approximate surface area is 355 Å². The van der Waals surface area contributed by atoms with Gasteiger partial charge < -0.3 is 45.3 Å². The molecule has 0 aromatic heterocycles. The average Bonchev–Trinajstić information content (AvgIpc) is 3.20. The highest BCUT2D eigenvalue weighted by atomic mass is 16.6. The summed E-state index contributed by atoms with van der Waals surface area (Å²) >= 11 is 0. The smallest absolute Gasteiger partial charge is 0.345 e. The van der Waals surface area contributed by atoms with Crippen LogP contribution in [0.15, 0.2) is 78.9 Å². The number of carbonyl (C=O) groups excluding carboxylic acids is 5. The molecule has 1 fully saturated rings. The number of carbonyl (C=O) groups is 7. The molecule has 4 amide bonds. The van der Waals surface area contributed by atoms with Crippen LogP contribution in [0.5, 0.6) is 5.75 Å². The van der Waals surface area contributed by atoms with E-state index in [1.165, 1.54) is 4.90 Å². The Morgan fingerprint density at radius 3 is 1.93 bits per heavy atom. The number of hydrogen-bond acceptors (Lipinski definition) is 10. The molecule has 3 aromatic rings. The number of hydrogen-bond donors (Lipinski definition) is 5. The summed E-state index contributed by atoms with van der Waals surface area (Å²) in [6.45, 7) is 7.92. The van der Waals surface area contributed by atoms with Crippen molar-refractivity contribution in [3.8, 4) is 5.75 Å². The number of para-hydroxylation sites is 1. The third-order valence-electron chi connectivity index (χ3n) is 10.1. The van der Waals surface area contributed by atoms with Crippen LogP contribution in [-0.2, 0) is 51.1 Å². The van der Waals surface area contributed by atoms with Crippen molar-refractivity contribution in [3.05, 3.63) is 101 Å². The van der Waals surface area contributed by atoms with Crippen molar-refractivity contribution in [1.82, 2.24) is 20.9 Å². The first-order valence-corrected chi connectivity index (χ1v) is 20.4. The summed E-state index contributed by atoms with van der Waals surface area (Å²) in [6.07, 6.45) is -4.23. The average molecular weight is 845 g/mol. The van der Waals surface area contributed by atoms with E-state index < -0.39 is 85.3 Å². The number of aryl methyl sites for hydroxylation is 2. The Bertz CT molecular complexity index is 1960. The minimum atomic E-state index is -1.96. The van der Waals surface area contributed by atoms with E-state index in [-0.39, 0.29) is 37.8 Å². The lowest BCUT2D eigenvalue weighted by molar-refractivity contribution is -0.168. The molecule has 3 aromatic carbocycles. The van der Waals surface area contributed by atoms with E-state index in [0.717, 1.165) is 22.3 Å². The highest BCUT2D eigenvalue weighted by Crippen LogP contribution is 2.23. The number of urea groups is 1. The van der Waals surface area contributed by atoms with Crippen LogP contribution in [0.1, 0.15) is 68.2 Å². The van der Waals surface area contributed by atoms with Gasteiger partial charge in [-0.3, -0.25) is 24.0 Å². The molecule has 61 heavy (non-hydrogen) atoms. The van der Waals surface area contributed by atoms with Crippen molar-refractivity contribution in [3.63, 3.8) is 0 Å². The Morgan fingerprint density at radius 2 is 1.38 bits per heavy atom. The van der Waals surface area contributed by atoms with Gasteiger partial charge in [0.25, 0.3) is 5.91 Å². The summed E-state index contributed by atoms with van der Waals surface area (Å²) < 4.78 is 16.9. The van der Waals surface area contributed by atoms with Crippen LogP contribution < -0.4 is 20.7 Å². The van der Waals surface area contributed by atoms with Gasteiger partial charge in [-0.2, -0.15) is 0 Å². The number of esters is 2. The van der Waals surface area contributed by atoms with Crippen molar-refractivity contribution >= 4 is 41.7 Å². The second-order valence-electron chi connectivity index (χ2n) is 15.4. The molecule has 1 heterocycles. The van der Waals surface area contributed by atoms with Crippen molar-refractivity contribution < 1.29 is 58.0 Å². The lowest BCUT2D eigenvalue weighted by Gasteiger charge is -2.37. The normalized spacial score (nSPS) is 15.0. The van der Waals surface area contributed by atoms with Gasteiger partial charge >= 0.3 is 29.9 Å². The lowest BCUT2D eigenvalue weighted by atomic mass is 9.92. The molecule has 3 unspecified atom stereocenters. The molecule has 0 spiro atoms. The first kappa shape index (κ1) is 47.2. The van der Waals surface area contributed by atoms with Crippen LogP contribution in [0, 0.1) is 19.8 Å². The molecule has 328 valence electrons. The van der Waals surface area contributed by atoms with E-state index >= 15 is 0 Å². The van der Waals surface area contributed by atoms with Crippen molar-refractivity contribution in [2.24, 2.45) is 5.92 Å². The van der Waals surface area contributed by atoms with Gasteiger partial charge in [0.15, 0.2) is 6.61 Å². The van der Waals surface area contributed by atoms with E-state index in [2.05, 4.69) is 16.0 Å². The predicted octanol–water partition coefficient (Wildman–Crippen LogP) is 4.13. The number of rotatable bonds is 23. The van der Waals surface area contributed by atoms with Crippen LogP contribution in [0.25, 0.3) is 0 Å². The zero-order chi connectivity index (χ0) is 44.5. The van der Waals surface area contributed by atoms with Gasteiger partial charge in [0.05, 0.1) is 25.3 Å². The summed E-state index contributed by atoms with van der Waals surface area (Å²) in [7, 11) is 0. The number of ether oxygens (including phenoxy) is 3. The Morgan fingerprint density at radius 1 is 0.787 bits per heavy atom. The standard InChI is InChI=1S/C45H56N4O12/c1-28(2)41(49-22-12-21-46-45(49)58)43(55)47-33(23-31-15-7-5-8-16-31)25-35(60-39(53)19-20-40(54)61-36(44(56)57)26-38(51)52)34(24-32-17-9-6-10-18-32)48-37(50)27-59-42-29(3)13-11-14-30(42)4/h5-11,13-18,28,33-36,41H,12,19-27H2,1-4H3,(H,46,58)(H,47,55)(H,48,50)(H,51,52)(H,56,57)/t33?,34?,35-,36?,41-/m0/s1. The minimum Gasteiger partial charge on any atom is -0.483 e. The molecule has 0 radical (unpaired) electrons.